The lowest BCUT2D eigenvalue weighted by atomic mass is 10.2. The number of carboxylic acids is 1. The molecule has 4 nitrogen and oxygen atoms in total. The Hall–Kier alpha value is -2.11. The monoisotopic (exact) mass is 319 g/mol. The highest BCUT2D eigenvalue weighted by Crippen LogP contribution is 2.35. The number of ether oxygens (including phenoxy) is 1. The lowest BCUT2D eigenvalue weighted by Gasteiger charge is -2.07. The van der Waals surface area contributed by atoms with Gasteiger partial charge in [-0.15, -0.1) is 11.3 Å². The number of hydrogen-bond acceptors (Lipinski definition) is 4. The predicted molar refractivity (Wildman–Crippen MR) is 82.4 cm³/mol. The lowest BCUT2D eigenvalue weighted by molar-refractivity contribution is 0.0685. The molecule has 0 saturated heterocycles. The molecular formula is C15H10ClNO3S. The quantitative estimate of drug-likeness (QED) is 0.782. The van der Waals surface area contributed by atoms with E-state index in [-0.39, 0.29) is 18.1 Å². The molecule has 0 amide bonds. The SMILES string of the molecule is O=C(O)c1ncccc1OCc1sc2ccccc2c1Cl. The van der Waals surface area contributed by atoms with Crippen molar-refractivity contribution in [3.63, 3.8) is 0 Å². The second kappa shape index (κ2) is 5.71. The number of aromatic carboxylic acids is 1. The van der Waals surface area contributed by atoms with Crippen molar-refractivity contribution in [2.45, 2.75) is 6.61 Å². The van der Waals surface area contributed by atoms with E-state index in [1.165, 1.54) is 17.5 Å². The highest BCUT2D eigenvalue weighted by molar-refractivity contribution is 7.19. The van der Waals surface area contributed by atoms with Crippen molar-refractivity contribution in [1.82, 2.24) is 4.98 Å². The van der Waals surface area contributed by atoms with E-state index >= 15 is 0 Å². The van der Waals surface area contributed by atoms with Crippen molar-refractivity contribution in [3.05, 3.63) is 58.2 Å². The molecule has 0 aliphatic carbocycles. The van der Waals surface area contributed by atoms with Crippen LogP contribution in [0.25, 0.3) is 10.1 Å². The summed E-state index contributed by atoms with van der Waals surface area (Å²) in [6.45, 7) is 0.212. The van der Waals surface area contributed by atoms with E-state index in [1.54, 1.807) is 12.1 Å². The average molecular weight is 320 g/mol. The first-order chi connectivity index (χ1) is 10.2. The molecule has 0 saturated carbocycles. The third kappa shape index (κ3) is 2.70. The summed E-state index contributed by atoms with van der Waals surface area (Å²) in [6.07, 6.45) is 1.42. The maximum absolute atomic E-state index is 11.1. The van der Waals surface area contributed by atoms with Gasteiger partial charge in [-0.2, -0.15) is 0 Å². The molecule has 2 heterocycles. The van der Waals surface area contributed by atoms with Crippen molar-refractivity contribution in [2.24, 2.45) is 0 Å². The minimum absolute atomic E-state index is 0.102. The first-order valence-corrected chi connectivity index (χ1v) is 7.33. The van der Waals surface area contributed by atoms with Gasteiger partial charge in [-0.05, 0) is 18.2 Å². The van der Waals surface area contributed by atoms with Gasteiger partial charge in [0.05, 0.1) is 9.90 Å². The van der Waals surface area contributed by atoms with Crippen LogP contribution in [0.2, 0.25) is 5.02 Å². The molecule has 0 fully saturated rings. The standard InChI is InChI=1S/C15H10ClNO3S/c16-13-9-4-1-2-6-11(9)21-12(13)8-20-10-5-3-7-17-14(10)15(18)19/h1-7H,8H2,(H,18,19). The second-order valence-corrected chi connectivity index (χ2v) is 5.79. The molecule has 2 aromatic heterocycles. The van der Waals surface area contributed by atoms with E-state index in [9.17, 15) is 4.79 Å². The van der Waals surface area contributed by atoms with Crippen molar-refractivity contribution < 1.29 is 14.6 Å². The summed E-state index contributed by atoms with van der Waals surface area (Å²) in [6, 6.07) is 11.0. The summed E-state index contributed by atoms with van der Waals surface area (Å²) in [5.74, 6) is -0.883. The third-order valence-corrected chi connectivity index (χ3v) is 4.62. The van der Waals surface area contributed by atoms with Gasteiger partial charge >= 0.3 is 5.97 Å². The molecule has 106 valence electrons. The molecule has 0 bridgehead atoms. The number of nitrogens with zero attached hydrogens (tertiary/aromatic N) is 1. The number of hydrogen-bond donors (Lipinski definition) is 1. The van der Waals surface area contributed by atoms with Crippen molar-refractivity contribution in [1.29, 1.82) is 0 Å². The molecule has 0 radical (unpaired) electrons. The average Bonchev–Trinajstić information content (AvgIpc) is 2.82. The number of carbonyl (C=O) groups is 1. The van der Waals surface area contributed by atoms with Crippen LogP contribution >= 0.6 is 22.9 Å². The molecule has 0 unspecified atom stereocenters. The van der Waals surface area contributed by atoms with Crippen LogP contribution < -0.4 is 4.74 Å². The molecule has 3 rings (SSSR count). The van der Waals surface area contributed by atoms with Crippen molar-refractivity contribution in [2.75, 3.05) is 0 Å². The number of halogens is 1. The third-order valence-electron chi connectivity index (χ3n) is 2.93. The van der Waals surface area contributed by atoms with Crippen LogP contribution in [0, 0.1) is 0 Å². The molecule has 0 spiro atoms. The minimum atomic E-state index is -1.12. The van der Waals surface area contributed by atoms with Gasteiger partial charge in [-0.25, -0.2) is 9.78 Å². The molecule has 21 heavy (non-hydrogen) atoms. The summed E-state index contributed by atoms with van der Waals surface area (Å²) in [7, 11) is 0. The molecule has 0 aliphatic rings. The summed E-state index contributed by atoms with van der Waals surface area (Å²) in [5.41, 5.74) is -0.102. The molecule has 6 heteroatoms. The van der Waals surface area contributed by atoms with E-state index in [0.717, 1.165) is 15.0 Å². The number of pyridine rings is 1. The lowest BCUT2D eigenvalue weighted by Crippen LogP contribution is -2.05. The summed E-state index contributed by atoms with van der Waals surface area (Å²) in [5, 5.41) is 10.7. The normalized spacial score (nSPS) is 10.7. The number of aromatic nitrogens is 1. The highest BCUT2D eigenvalue weighted by atomic mass is 35.5. The topological polar surface area (TPSA) is 59.4 Å². The number of fused-ring (bicyclic) bond motifs is 1. The second-order valence-electron chi connectivity index (χ2n) is 4.28. The van der Waals surface area contributed by atoms with Crippen LogP contribution in [-0.4, -0.2) is 16.1 Å². The van der Waals surface area contributed by atoms with Crippen molar-refractivity contribution in [3.8, 4) is 5.75 Å². The van der Waals surface area contributed by atoms with Crippen LogP contribution in [-0.2, 0) is 6.61 Å². The van der Waals surface area contributed by atoms with Gasteiger partial charge in [0.25, 0.3) is 0 Å². The Balaban J connectivity index is 1.87. The van der Waals surface area contributed by atoms with Gasteiger partial charge in [0.15, 0.2) is 11.4 Å². The summed E-state index contributed by atoms with van der Waals surface area (Å²) in [4.78, 5) is 15.7. The Morgan fingerprint density at radius 2 is 2.10 bits per heavy atom. The van der Waals surface area contributed by atoms with Crippen LogP contribution in [0.15, 0.2) is 42.6 Å². The van der Waals surface area contributed by atoms with Crippen LogP contribution in [0.3, 0.4) is 0 Å². The fourth-order valence-corrected chi connectivity index (χ4v) is 3.37. The first kappa shape index (κ1) is 13.9. The number of thiophene rings is 1. The summed E-state index contributed by atoms with van der Waals surface area (Å²) >= 11 is 7.86. The maximum atomic E-state index is 11.1. The molecule has 1 N–H and O–H groups in total. The zero-order chi connectivity index (χ0) is 14.8. The molecule has 0 aliphatic heterocycles. The Bertz CT molecular complexity index is 816. The van der Waals surface area contributed by atoms with Crippen LogP contribution in [0.5, 0.6) is 5.75 Å². The minimum Gasteiger partial charge on any atom is -0.485 e. The van der Waals surface area contributed by atoms with E-state index in [4.69, 9.17) is 21.4 Å². The number of benzene rings is 1. The molecule has 0 atom stereocenters. The molecule has 3 aromatic rings. The Labute approximate surface area is 129 Å². The summed E-state index contributed by atoms with van der Waals surface area (Å²) < 4.78 is 6.65. The first-order valence-electron chi connectivity index (χ1n) is 6.14. The Kier molecular flexibility index (Phi) is 3.77. The van der Waals surface area contributed by atoms with Crippen LogP contribution in [0.4, 0.5) is 0 Å². The van der Waals surface area contributed by atoms with Gasteiger partial charge in [-0.1, -0.05) is 29.8 Å². The smallest absolute Gasteiger partial charge is 0.358 e. The van der Waals surface area contributed by atoms with Gasteiger partial charge in [0, 0.05) is 16.3 Å². The number of carboxylic acid groups (broad SMARTS) is 1. The molecular weight excluding hydrogens is 310 g/mol. The van der Waals surface area contributed by atoms with Gasteiger partial charge in [-0.3, -0.25) is 0 Å². The highest BCUT2D eigenvalue weighted by Gasteiger charge is 2.14. The van der Waals surface area contributed by atoms with Gasteiger partial charge in [0.2, 0.25) is 0 Å². The van der Waals surface area contributed by atoms with Gasteiger partial charge < -0.3 is 9.84 Å². The van der Waals surface area contributed by atoms with E-state index in [2.05, 4.69) is 4.98 Å². The number of rotatable bonds is 4. The molecule has 1 aromatic carbocycles. The zero-order valence-corrected chi connectivity index (χ0v) is 12.3. The van der Waals surface area contributed by atoms with Gasteiger partial charge in [0.1, 0.15) is 6.61 Å². The van der Waals surface area contributed by atoms with E-state index < -0.39 is 5.97 Å². The zero-order valence-electron chi connectivity index (χ0n) is 10.7. The fourth-order valence-electron chi connectivity index (χ4n) is 1.97. The Morgan fingerprint density at radius 1 is 1.29 bits per heavy atom. The van der Waals surface area contributed by atoms with E-state index in [1.807, 2.05) is 24.3 Å². The van der Waals surface area contributed by atoms with E-state index in [0.29, 0.717) is 5.02 Å². The largest absolute Gasteiger partial charge is 0.485 e. The maximum Gasteiger partial charge on any atom is 0.358 e. The van der Waals surface area contributed by atoms with Crippen molar-refractivity contribution >= 4 is 39.0 Å². The van der Waals surface area contributed by atoms with Crippen LogP contribution in [0.1, 0.15) is 15.4 Å². The predicted octanol–water partition coefficient (Wildman–Crippen LogP) is 4.23. The Morgan fingerprint density at radius 3 is 2.86 bits per heavy atom. The fraction of sp³-hybridized carbons (Fsp3) is 0.0667.